The van der Waals surface area contributed by atoms with Crippen LogP contribution in [0.15, 0.2) is 61.1 Å². The summed E-state index contributed by atoms with van der Waals surface area (Å²) in [6.45, 7) is 5.87. The average Bonchev–Trinajstić information content (AvgIpc) is 3.38. The van der Waals surface area contributed by atoms with Gasteiger partial charge in [0.05, 0.1) is 53.2 Å². The van der Waals surface area contributed by atoms with Crippen molar-refractivity contribution >= 4 is 32.7 Å². The van der Waals surface area contributed by atoms with Crippen LogP contribution in [-0.4, -0.2) is 64.8 Å². The van der Waals surface area contributed by atoms with E-state index in [1.807, 2.05) is 36.4 Å². The molecule has 4 aromatic rings. The van der Waals surface area contributed by atoms with Gasteiger partial charge in [-0.3, -0.25) is 13.8 Å². The first kappa shape index (κ1) is 24.8. The van der Waals surface area contributed by atoms with Crippen LogP contribution in [0.3, 0.4) is 0 Å². The summed E-state index contributed by atoms with van der Waals surface area (Å²) in [4.78, 5) is 28.8. The van der Waals surface area contributed by atoms with Crippen molar-refractivity contribution in [3.05, 3.63) is 72.3 Å². The van der Waals surface area contributed by atoms with Crippen LogP contribution in [0.25, 0.3) is 22.3 Å². The molecule has 2 atom stereocenters. The van der Waals surface area contributed by atoms with Crippen molar-refractivity contribution in [2.45, 2.75) is 32.6 Å². The fourth-order valence-electron chi connectivity index (χ4n) is 4.39. The number of anilines is 1. The summed E-state index contributed by atoms with van der Waals surface area (Å²) < 4.78 is 30.1. The molecule has 4 aromatic heterocycles. The Bertz CT molecular complexity index is 1560. The number of aromatic nitrogens is 4. The number of carbonyl (C=O) groups is 1. The minimum Gasteiger partial charge on any atom is -0.372 e. The Morgan fingerprint density at radius 2 is 1.84 bits per heavy atom. The van der Waals surface area contributed by atoms with E-state index in [9.17, 15) is 13.2 Å². The number of hydrogen-bond donors (Lipinski definition) is 1. The third kappa shape index (κ3) is 5.62. The summed E-state index contributed by atoms with van der Waals surface area (Å²) in [6, 6.07) is 13.1. The third-order valence-electron chi connectivity index (χ3n) is 6.11. The van der Waals surface area contributed by atoms with Gasteiger partial charge in [0.2, 0.25) is 10.0 Å². The minimum absolute atomic E-state index is 0.138. The molecule has 0 aliphatic carbocycles. The average molecular weight is 521 g/mol. The van der Waals surface area contributed by atoms with E-state index in [1.54, 1.807) is 6.20 Å². The van der Waals surface area contributed by atoms with Crippen molar-refractivity contribution in [2.24, 2.45) is 0 Å². The van der Waals surface area contributed by atoms with Crippen LogP contribution in [0.5, 0.6) is 0 Å². The monoisotopic (exact) mass is 520 g/mol. The SMILES string of the molecule is CC1CN(c2cccc(-c3ccc4cnc(CNC(=O)c5ccn(S(C)(=O)=O)c5)cc4n3)n2)CC(C)O1. The van der Waals surface area contributed by atoms with E-state index in [0.29, 0.717) is 5.69 Å². The van der Waals surface area contributed by atoms with E-state index < -0.39 is 15.9 Å². The lowest BCUT2D eigenvalue weighted by Crippen LogP contribution is -2.45. The number of hydrogen-bond acceptors (Lipinski definition) is 8. The number of morpholine rings is 1. The number of rotatable bonds is 6. The number of fused-ring (bicyclic) bond motifs is 1. The minimum atomic E-state index is -3.45. The van der Waals surface area contributed by atoms with Gasteiger partial charge in [-0.15, -0.1) is 0 Å². The van der Waals surface area contributed by atoms with Gasteiger partial charge in [0.15, 0.2) is 0 Å². The second-order valence-corrected chi connectivity index (χ2v) is 11.2. The maximum absolute atomic E-state index is 12.5. The van der Waals surface area contributed by atoms with Crippen LogP contribution >= 0.6 is 0 Å². The van der Waals surface area contributed by atoms with Gasteiger partial charge in [-0.2, -0.15) is 0 Å². The number of ether oxygens (including phenoxy) is 1. The Balaban J connectivity index is 1.33. The number of nitrogens with one attached hydrogen (secondary N) is 1. The zero-order chi connectivity index (χ0) is 26.2. The van der Waals surface area contributed by atoms with Gasteiger partial charge in [0.25, 0.3) is 5.91 Å². The largest absolute Gasteiger partial charge is 0.372 e. The van der Waals surface area contributed by atoms with Crippen LogP contribution in [0, 0.1) is 0 Å². The first-order chi connectivity index (χ1) is 17.7. The molecular weight excluding hydrogens is 492 g/mol. The molecule has 37 heavy (non-hydrogen) atoms. The van der Waals surface area contributed by atoms with Gasteiger partial charge in [-0.1, -0.05) is 6.07 Å². The Kier molecular flexibility index (Phi) is 6.65. The van der Waals surface area contributed by atoms with Crippen LogP contribution in [-0.2, 0) is 21.3 Å². The van der Waals surface area contributed by atoms with Gasteiger partial charge in [-0.25, -0.2) is 18.4 Å². The molecule has 11 heteroatoms. The number of carbonyl (C=O) groups excluding carboxylic acids is 1. The lowest BCUT2D eigenvalue weighted by Gasteiger charge is -2.36. The standard InChI is InChI=1S/C26H28N6O4S/c1-17-14-31(15-18(2)36-17)25-6-4-5-22(30-25)23-8-7-19-12-27-21(11-24(19)29-23)13-28-26(33)20-9-10-32(16-20)37(3,34)35/h4-12,16-18H,13-15H2,1-3H3,(H,28,33). The second-order valence-electron chi connectivity index (χ2n) is 9.28. The first-order valence-corrected chi connectivity index (χ1v) is 13.8. The van der Waals surface area contributed by atoms with E-state index in [1.165, 1.54) is 18.5 Å². The highest BCUT2D eigenvalue weighted by atomic mass is 32.2. The summed E-state index contributed by atoms with van der Waals surface area (Å²) in [5, 5.41) is 3.65. The van der Waals surface area contributed by atoms with Crippen molar-refractivity contribution < 1.29 is 17.9 Å². The molecule has 0 aromatic carbocycles. The fourth-order valence-corrected chi connectivity index (χ4v) is 4.98. The molecular formula is C26H28N6O4S. The van der Waals surface area contributed by atoms with Gasteiger partial charge in [0.1, 0.15) is 5.82 Å². The maximum Gasteiger partial charge on any atom is 0.253 e. The predicted molar refractivity (Wildman–Crippen MR) is 141 cm³/mol. The summed E-state index contributed by atoms with van der Waals surface area (Å²) >= 11 is 0. The second kappa shape index (κ2) is 9.91. The Morgan fingerprint density at radius 3 is 2.57 bits per heavy atom. The molecule has 1 aliphatic rings. The zero-order valence-electron chi connectivity index (χ0n) is 20.8. The molecule has 0 saturated carbocycles. The topological polar surface area (TPSA) is 119 Å². The maximum atomic E-state index is 12.5. The quantitative estimate of drug-likeness (QED) is 0.412. The Labute approximate surface area is 215 Å². The summed E-state index contributed by atoms with van der Waals surface area (Å²) in [7, 11) is -3.45. The summed E-state index contributed by atoms with van der Waals surface area (Å²) in [5.74, 6) is 0.503. The molecule has 0 radical (unpaired) electrons. The fraction of sp³-hybridized carbons (Fsp3) is 0.308. The number of nitrogens with zero attached hydrogens (tertiary/aromatic N) is 5. The summed E-state index contributed by atoms with van der Waals surface area (Å²) in [5.41, 5.74) is 3.13. The molecule has 1 amide bonds. The summed E-state index contributed by atoms with van der Waals surface area (Å²) in [6.07, 6.45) is 5.69. The molecule has 0 spiro atoms. The Morgan fingerprint density at radius 1 is 1.08 bits per heavy atom. The normalized spacial score (nSPS) is 18.2. The molecule has 10 nitrogen and oxygen atoms in total. The van der Waals surface area contributed by atoms with Crippen molar-refractivity contribution in [1.82, 2.24) is 24.2 Å². The van der Waals surface area contributed by atoms with E-state index >= 15 is 0 Å². The van der Waals surface area contributed by atoms with Crippen molar-refractivity contribution in [2.75, 3.05) is 24.2 Å². The van der Waals surface area contributed by atoms with Gasteiger partial charge < -0.3 is 15.0 Å². The van der Waals surface area contributed by atoms with Crippen LogP contribution in [0.1, 0.15) is 29.9 Å². The molecule has 5 rings (SSSR count). The van der Waals surface area contributed by atoms with Crippen LogP contribution in [0.2, 0.25) is 0 Å². The highest BCUT2D eigenvalue weighted by molar-refractivity contribution is 7.89. The van der Waals surface area contributed by atoms with Gasteiger partial charge in [-0.05, 0) is 50.2 Å². The lowest BCUT2D eigenvalue weighted by atomic mass is 10.1. The van der Waals surface area contributed by atoms with Crippen LogP contribution < -0.4 is 10.2 Å². The molecule has 192 valence electrons. The van der Waals surface area contributed by atoms with Crippen molar-refractivity contribution in [3.63, 3.8) is 0 Å². The smallest absolute Gasteiger partial charge is 0.253 e. The highest BCUT2D eigenvalue weighted by Gasteiger charge is 2.23. The molecule has 1 aliphatic heterocycles. The van der Waals surface area contributed by atoms with Crippen molar-refractivity contribution in [1.29, 1.82) is 0 Å². The van der Waals surface area contributed by atoms with E-state index in [4.69, 9.17) is 14.7 Å². The Hall–Kier alpha value is -3.83. The van der Waals surface area contributed by atoms with Crippen LogP contribution in [0.4, 0.5) is 5.82 Å². The molecule has 1 N–H and O–H groups in total. The van der Waals surface area contributed by atoms with E-state index in [2.05, 4.69) is 29.0 Å². The molecule has 1 fully saturated rings. The predicted octanol–water partition coefficient (Wildman–Crippen LogP) is 2.84. The highest BCUT2D eigenvalue weighted by Crippen LogP contribution is 2.24. The molecule has 0 bridgehead atoms. The van der Waals surface area contributed by atoms with Crippen molar-refractivity contribution in [3.8, 4) is 11.4 Å². The number of amides is 1. The van der Waals surface area contributed by atoms with Gasteiger partial charge in [0, 0.05) is 37.1 Å². The van der Waals surface area contributed by atoms with Gasteiger partial charge >= 0.3 is 0 Å². The van der Waals surface area contributed by atoms with E-state index in [-0.39, 0.29) is 24.3 Å². The molecule has 2 unspecified atom stereocenters. The molecule has 5 heterocycles. The first-order valence-electron chi connectivity index (χ1n) is 12.0. The lowest BCUT2D eigenvalue weighted by molar-refractivity contribution is -0.00545. The van der Waals surface area contributed by atoms with E-state index in [0.717, 1.165) is 51.4 Å². The number of pyridine rings is 3. The molecule has 1 saturated heterocycles. The zero-order valence-corrected chi connectivity index (χ0v) is 21.6. The third-order valence-corrected chi connectivity index (χ3v) is 7.11.